The summed E-state index contributed by atoms with van der Waals surface area (Å²) in [4.78, 5) is 25.6. The van der Waals surface area contributed by atoms with E-state index in [0.29, 0.717) is 24.6 Å². The van der Waals surface area contributed by atoms with Gasteiger partial charge in [-0.3, -0.25) is 4.79 Å². The number of rotatable bonds is 3. The average molecular weight is 354 g/mol. The molecule has 1 saturated heterocycles. The molecule has 138 valence electrons. The minimum absolute atomic E-state index is 0.0399. The maximum absolute atomic E-state index is 12.8. The van der Waals surface area contributed by atoms with Gasteiger partial charge in [-0.25, -0.2) is 9.97 Å². The summed E-state index contributed by atoms with van der Waals surface area (Å²) in [6, 6.07) is 7.56. The van der Waals surface area contributed by atoms with Crippen LogP contribution in [0, 0.1) is 13.8 Å². The Morgan fingerprint density at radius 1 is 1.27 bits per heavy atom. The van der Waals surface area contributed by atoms with Gasteiger partial charge in [0.25, 0.3) is 5.91 Å². The Kier molecular flexibility index (Phi) is 5.23. The van der Waals surface area contributed by atoms with Crippen LogP contribution >= 0.6 is 0 Å². The highest BCUT2D eigenvalue weighted by Crippen LogP contribution is 2.26. The van der Waals surface area contributed by atoms with E-state index in [-0.39, 0.29) is 5.91 Å². The van der Waals surface area contributed by atoms with Gasteiger partial charge in [-0.05, 0) is 44.4 Å². The van der Waals surface area contributed by atoms with E-state index in [1.165, 1.54) is 0 Å². The lowest BCUT2D eigenvalue weighted by Gasteiger charge is -2.30. The maximum Gasteiger partial charge on any atom is 0.253 e. The number of hydrogen-bond acceptors (Lipinski definition) is 5. The van der Waals surface area contributed by atoms with Gasteiger partial charge in [-0.1, -0.05) is 12.1 Å². The molecule has 1 amide bonds. The molecule has 1 aromatic heterocycles. The zero-order chi connectivity index (χ0) is 18.8. The number of β-amino-alcohol motifs (C(OH)–C–C–N with tert-alkyl or cyclic N) is 1. The molecule has 3 rings (SSSR count). The fraction of sp³-hybridized carbons (Fsp3) is 0.450. The Morgan fingerprint density at radius 2 is 2.04 bits per heavy atom. The lowest BCUT2D eigenvalue weighted by atomic mass is 10.0. The smallest absolute Gasteiger partial charge is 0.253 e. The highest BCUT2D eigenvalue weighted by Gasteiger charge is 2.23. The third kappa shape index (κ3) is 3.70. The Balaban J connectivity index is 1.96. The van der Waals surface area contributed by atoms with Crippen LogP contribution in [0.1, 0.15) is 34.5 Å². The van der Waals surface area contributed by atoms with Crippen molar-refractivity contribution in [3.05, 3.63) is 41.1 Å². The van der Waals surface area contributed by atoms with E-state index >= 15 is 0 Å². The molecule has 1 aliphatic rings. The molecule has 26 heavy (non-hydrogen) atoms. The summed E-state index contributed by atoms with van der Waals surface area (Å²) in [6.45, 7) is 5.06. The lowest BCUT2D eigenvalue weighted by Crippen LogP contribution is -2.42. The van der Waals surface area contributed by atoms with E-state index in [0.717, 1.165) is 35.4 Å². The Bertz CT molecular complexity index is 819. The third-order valence-corrected chi connectivity index (χ3v) is 4.84. The van der Waals surface area contributed by atoms with Crippen LogP contribution in [0.25, 0.3) is 11.3 Å². The first-order chi connectivity index (χ1) is 12.4. The van der Waals surface area contributed by atoms with Crippen LogP contribution in [0.2, 0.25) is 0 Å². The van der Waals surface area contributed by atoms with Gasteiger partial charge in [-0.15, -0.1) is 0 Å². The molecule has 0 bridgehead atoms. The molecule has 2 aromatic rings. The van der Waals surface area contributed by atoms with E-state index in [4.69, 9.17) is 0 Å². The molecule has 1 N–H and O–H groups in total. The lowest BCUT2D eigenvalue weighted by molar-refractivity contribution is 0.0474. The van der Waals surface area contributed by atoms with E-state index < -0.39 is 6.10 Å². The van der Waals surface area contributed by atoms with Gasteiger partial charge in [0.05, 0.1) is 11.8 Å². The molecule has 1 fully saturated rings. The monoisotopic (exact) mass is 354 g/mol. The summed E-state index contributed by atoms with van der Waals surface area (Å²) < 4.78 is 0. The number of nitrogens with zero attached hydrogens (tertiary/aromatic N) is 4. The molecular formula is C20H26N4O2. The number of carbonyl (C=O) groups is 1. The van der Waals surface area contributed by atoms with Crippen molar-refractivity contribution in [2.45, 2.75) is 32.8 Å². The third-order valence-electron chi connectivity index (χ3n) is 4.84. The van der Waals surface area contributed by atoms with Crippen LogP contribution < -0.4 is 4.90 Å². The molecule has 1 atom stereocenters. The Morgan fingerprint density at radius 3 is 2.73 bits per heavy atom. The number of aryl methyl sites for hydroxylation is 1. The van der Waals surface area contributed by atoms with E-state index in [1.54, 1.807) is 4.90 Å². The first-order valence-electron chi connectivity index (χ1n) is 8.97. The second-order valence-corrected chi connectivity index (χ2v) is 7.11. The number of likely N-dealkylation sites (tertiary alicyclic amines) is 1. The standard InChI is InChI=1S/C20H26N4O2/c1-13-14(2)21-20(23(3)4)22-18(13)15-7-5-8-16(11-15)19(26)24-10-6-9-17(25)12-24/h5,7-8,11,17,25H,6,9-10,12H2,1-4H3. The Labute approximate surface area is 154 Å². The minimum Gasteiger partial charge on any atom is -0.391 e. The van der Waals surface area contributed by atoms with E-state index in [1.807, 2.05) is 57.1 Å². The molecular weight excluding hydrogens is 328 g/mol. The van der Waals surface area contributed by atoms with Crippen LogP contribution in [0.3, 0.4) is 0 Å². The molecule has 6 nitrogen and oxygen atoms in total. The van der Waals surface area contributed by atoms with Crippen molar-refractivity contribution in [3.8, 4) is 11.3 Å². The number of benzene rings is 1. The number of carbonyl (C=O) groups excluding carboxylic acids is 1. The second kappa shape index (κ2) is 7.41. The number of amides is 1. The zero-order valence-corrected chi connectivity index (χ0v) is 15.9. The van der Waals surface area contributed by atoms with Gasteiger partial charge in [0.1, 0.15) is 0 Å². The van der Waals surface area contributed by atoms with Crippen molar-refractivity contribution in [3.63, 3.8) is 0 Å². The highest BCUT2D eigenvalue weighted by atomic mass is 16.3. The van der Waals surface area contributed by atoms with Crippen molar-refractivity contribution in [1.29, 1.82) is 0 Å². The fourth-order valence-electron chi connectivity index (χ4n) is 3.22. The minimum atomic E-state index is -0.426. The highest BCUT2D eigenvalue weighted by molar-refractivity contribution is 5.95. The first-order valence-corrected chi connectivity index (χ1v) is 8.97. The van der Waals surface area contributed by atoms with Crippen molar-refractivity contribution in [1.82, 2.24) is 14.9 Å². The van der Waals surface area contributed by atoms with Crippen molar-refractivity contribution >= 4 is 11.9 Å². The number of hydrogen-bond donors (Lipinski definition) is 1. The summed E-state index contributed by atoms with van der Waals surface area (Å²) in [5.74, 6) is 0.612. The van der Waals surface area contributed by atoms with Crippen LogP contribution in [-0.4, -0.2) is 59.2 Å². The number of aromatic nitrogens is 2. The van der Waals surface area contributed by atoms with Crippen LogP contribution in [-0.2, 0) is 0 Å². The van der Waals surface area contributed by atoms with Crippen molar-refractivity contribution in [2.24, 2.45) is 0 Å². The summed E-state index contributed by atoms with van der Waals surface area (Å²) in [7, 11) is 3.82. The maximum atomic E-state index is 12.8. The molecule has 6 heteroatoms. The van der Waals surface area contributed by atoms with Crippen LogP contribution in [0.15, 0.2) is 24.3 Å². The first kappa shape index (κ1) is 18.3. The Hall–Kier alpha value is -2.47. The zero-order valence-electron chi connectivity index (χ0n) is 15.9. The number of aliphatic hydroxyl groups is 1. The topological polar surface area (TPSA) is 69.6 Å². The largest absolute Gasteiger partial charge is 0.391 e. The number of anilines is 1. The second-order valence-electron chi connectivity index (χ2n) is 7.11. The van der Waals surface area contributed by atoms with Gasteiger partial charge >= 0.3 is 0 Å². The van der Waals surface area contributed by atoms with E-state index in [2.05, 4.69) is 9.97 Å². The average Bonchev–Trinajstić information content (AvgIpc) is 2.63. The van der Waals surface area contributed by atoms with Gasteiger partial charge < -0.3 is 14.9 Å². The summed E-state index contributed by atoms with van der Waals surface area (Å²) in [6.07, 6.45) is 1.17. The van der Waals surface area contributed by atoms with E-state index in [9.17, 15) is 9.90 Å². The van der Waals surface area contributed by atoms with Gasteiger partial charge in [0, 0.05) is 44.0 Å². The predicted octanol–water partition coefficient (Wildman–Crippen LogP) is 2.42. The molecule has 0 spiro atoms. The van der Waals surface area contributed by atoms with Crippen molar-refractivity contribution in [2.75, 3.05) is 32.1 Å². The molecule has 2 heterocycles. The van der Waals surface area contributed by atoms with Crippen molar-refractivity contribution < 1.29 is 9.90 Å². The summed E-state index contributed by atoms with van der Waals surface area (Å²) >= 11 is 0. The summed E-state index contributed by atoms with van der Waals surface area (Å²) in [5, 5.41) is 9.84. The van der Waals surface area contributed by atoms with Crippen LogP contribution in [0.4, 0.5) is 5.95 Å². The van der Waals surface area contributed by atoms with Crippen LogP contribution in [0.5, 0.6) is 0 Å². The summed E-state index contributed by atoms with van der Waals surface area (Å²) in [5.41, 5.74) is 4.30. The van der Waals surface area contributed by atoms with Gasteiger partial charge in [-0.2, -0.15) is 0 Å². The molecule has 0 saturated carbocycles. The number of piperidine rings is 1. The SMILES string of the molecule is Cc1nc(N(C)C)nc(-c2cccc(C(=O)N3CCCC(O)C3)c2)c1C. The number of aliphatic hydroxyl groups excluding tert-OH is 1. The van der Waals surface area contributed by atoms with Gasteiger partial charge in [0.15, 0.2) is 0 Å². The predicted molar refractivity (Wildman–Crippen MR) is 102 cm³/mol. The quantitative estimate of drug-likeness (QED) is 0.917. The normalized spacial score (nSPS) is 17.3. The molecule has 1 aromatic carbocycles. The fourth-order valence-corrected chi connectivity index (χ4v) is 3.22. The molecule has 1 unspecified atom stereocenters. The molecule has 0 aliphatic carbocycles. The molecule has 1 aliphatic heterocycles. The molecule has 0 radical (unpaired) electrons. The van der Waals surface area contributed by atoms with Gasteiger partial charge in [0.2, 0.25) is 5.95 Å².